The fraction of sp³-hybridized carbons (Fsp3) is 0.429. The number of aromatic nitrogens is 2. The minimum Gasteiger partial charge on any atom is -0.492 e. The average Bonchev–Trinajstić information content (AvgIpc) is 3.02. The van der Waals surface area contributed by atoms with E-state index in [2.05, 4.69) is 33.8 Å². The lowest BCUT2D eigenvalue weighted by Gasteiger charge is -2.38. The number of nitrogens with two attached hydrogens (primary N) is 1. The van der Waals surface area contributed by atoms with Crippen LogP contribution in [0.15, 0.2) is 71.5 Å². The fourth-order valence-corrected chi connectivity index (χ4v) is 5.88. The highest BCUT2D eigenvalue weighted by Gasteiger charge is 2.25. The molecule has 2 heterocycles. The molecule has 240 valence electrons. The molecule has 0 radical (unpaired) electrons. The number of hydrogen-bond donors (Lipinski definition) is 1. The number of rotatable bonds is 13. The van der Waals surface area contributed by atoms with Crippen molar-refractivity contribution in [1.29, 1.82) is 0 Å². The molecule has 4 aromatic rings. The van der Waals surface area contributed by atoms with Gasteiger partial charge in [-0.15, -0.1) is 0 Å². The number of nitrogens with zero attached hydrogens (tertiary/aromatic N) is 5. The molecule has 1 aromatic heterocycles. The summed E-state index contributed by atoms with van der Waals surface area (Å²) in [5.41, 5.74) is 8.20. The van der Waals surface area contributed by atoms with E-state index in [4.69, 9.17) is 31.8 Å². The molecule has 1 aliphatic rings. The maximum Gasteiger partial charge on any atom is 0.266 e. The molecule has 1 atom stereocenters. The normalized spacial score (nSPS) is 15.2. The lowest BCUT2D eigenvalue weighted by atomic mass is 10.1. The van der Waals surface area contributed by atoms with Crippen LogP contribution in [0.3, 0.4) is 0 Å². The molecule has 5 rings (SSSR count). The Morgan fingerprint density at radius 2 is 1.73 bits per heavy atom. The van der Waals surface area contributed by atoms with Crippen LogP contribution in [0, 0.1) is 0 Å². The first-order valence-electron chi connectivity index (χ1n) is 15.8. The van der Waals surface area contributed by atoms with Crippen molar-refractivity contribution in [2.45, 2.75) is 46.0 Å². The summed E-state index contributed by atoms with van der Waals surface area (Å²) in [6, 6.07) is 21.4. The maximum atomic E-state index is 14.2. The third-order valence-corrected chi connectivity index (χ3v) is 8.39. The smallest absolute Gasteiger partial charge is 0.266 e. The molecule has 1 saturated heterocycles. The SMILES string of the molecule is CC(C)Oc1ccc(CN(C)CCN)cc1-n1c(CN2CCN(C(C)COc3ccc(Cl)cc3)CC2)nc2ccccc2c1=O. The standard InChI is InChI=1S/C35H45ClN6O3/c1-25(2)45-33-14-9-27(22-39(4)16-15-37)21-32(33)42-34(38-31-8-6-5-7-30(31)35(42)43)23-40-17-19-41(20-18-40)26(3)24-44-29-12-10-28(36)11-13-29/h5-14,21,25-26H,15-20,22-24,37H2,1-4H3. The summed E-state index contributed by atoms with van der Waals surface area (Å²) in [6.45, 7) is 12.9. The summed E-state index contributed by atoms with van der Waals surface area (Å²) in [5, 5.41) is 1.28. The number of hydrogen-bond acceptors (Lipinski definition) is 8. The zero-order valence-electron chi connectivity index (χ0n) is 26.8. The molecule has 1 unspecified atom stereocenters. The van der Waals surface area contributed by atoms with Crippen LogP contribution in [0.5, 0.6) is 11.5 Å². The van der Waals surface area contributed by atoms with E-state index >= 15 is 0 Å². The summed E-state index contributed by atoms with van der Waals surface area (Å²) in [4.78, 5) is 26.3. The summed E-state index contributed by atoms with van der Waals surface area (Å²) in [5.74, 6) is 2.18. The Balaban J connectivity index is 1.39. The zero-order valence-corrected chi connectivity index (χ0v) is 27.5. The molecule has 1 aliphatic heterocycles. The van der Waals surface area contributed by atoms with Gasteiger partial charge in [0.1, 0.15) is 23.9 Å². The Labute approximate surface area is 271 Å². The number of likely N-dealkylation sites (N-methyl/N-ethyl adjacent to an activating group) is 1. The monoisotopic (exact) mass is 632 g/mol. The first kappa shape index (κ1) is 32.9. The molecule has 2 N–H and O–H groups in total. The lowest BCUT2D eigenvalue weighted by Crippen LogP contribution is -2.51. The molecule has 0 bridgehead atoms. The summed E-state index contributed by atoms with van der Waals surface area (Å²) < 4.78 is 14.0. The number of piperazine rings is 1. The van der Waals surface area contributed by atoms with E-state index in [0.29, 0.717) is 59.4 Å². The van der Waals surface area contributed by atoms with Gasteiger partial charge in [-0.25, -0.2) is 4.98 Å². The molecule has 0 amide bonds. The van der Waals surface area contributed by atoms with Gasteiger partial charge >= 0.3 is 0 Å². The second-order valence-electron chi connectivity index (χ2n) is 12.1. The molecule has 0 saturated carbocycles. The first-order valence-corrected chi connectivity index (χ1v) is 16.1. The van der Waals surface area contributed by atoms with Crippen molar-refractivity contribution in [3.63, 3.8) is 0 Å². The second kappa shape index (κ2) is 15.2. The van der Waals surface area contributed by atoms with Gasteiger partial charge in [-0.1, -0.05) is 29.8 Å². The molecule has 9 nitrogen and oxygen atoms in total. The van der Waals surface area contributed by atoms with E-state index in [1.54, 1.807) is 4.57 Å². The van der Waals surface area contributed by atoms with Crippen molar-refractivity contribution >= 4 is 22.5 Å². The van der Waals surface area contributed by atoms with Crippen LogP contribution in [0.2, 0.25) is 5.02 Å². The van der Waals surface area contributed by atoms with E-state index in [-0.39, 0.29) is 17.7 Å². The Hall–Kier alpha value is -3.47. The molecule has 10 heteroatoms. The van der Waals surface area contributed by atoms with E-state index in [0.717, 1.165) is 44.0 Å². The van der Waals surface area contributed by atoms with Crippen LogP contribution in [-0.2, 0) is 13.1 Å². The number of para-hydroxylation sites is 1. The predicted molar refractivity (Wildman–Crippen MR) is 182 cm³/mol. The van der Waals surface area contributed by atoms with E-state index in [1.807, 2.05) is 75.5 Å². The van der Waals surface area contributed by atoms with Crippen LogP contribution >= 0.6 is 11.6 Å². The number of halogens is 1. The topological polar surface area (TPSA) is 89.1 Å². The lowest BCUT2D eigenvalue weighted by molar-refractivity contribution is 0.0741. The van der Waals surface area contributed by atoms with Gasteiger partial charge in [0, 0.05) is 56.9 Å². The zero-order chi connectivity index (χ0) is 31.9. The minimum atomic E-state index is -0.0942. The largest absolute Gasteiger partial charge is 0.492 e. The van der Waals surface area contributed by atoms with Gasteiger partial charge in [-0.3, -0.25) is 19.2 Å². The van der Waals surface area contributed by atoms with Crippen molar-refractivity contribution in [3.05, 3.63) is 93.5 Å². The Kier molecular flexibility index (Phi) is 11.1. The molecule has 0 aliphatic carbocycles. The van der Waals surface area contributed by atoms with Gasteiger partial charge in [0.15, 0.2) is 0 Å². The molecular formula is C35H45ClN6O3. The van der Waals surface area contributed by atoms with Crippen LogP contribution in [0.1, 0.15) is 32.2 Å². The van der Waals surface area contributed by atoms with Crippen molar-refractivity contribution in [2.75, 3.05) is 52.9 Å². The first-order chi connectivity index (χ1) is 21.7. The third kappa shape index (κ3) is 8.42. The van der Waals surface area contributed by atoms with E-state index in [1.165, 1.54) is 0 Å². The summed E-state index contributed by atoms with van der Waals surface area (Å²) in [6.07, 6.45) is -0.0548. The highest BCUT2D eigenvalue weighted by Crippen LogP contribution is 2.28. The quantitative estimate of drug-likeness (QED) is 0.225. The van der Waals surface area contributed by atoms with E-state index in [9.17, 15) is 4.79 Å². The minimum absolute atomic E-state index is 0.0548. The maximum absolute atomic E-state index is 14.2. The highest BCUT2D eigenvalue weighted by molar-refractivity contribution is 6.30. The molecule has 1 fully saturated rings. The predicted octanol–water partition coefficient (Wildman–Crippen LogP) is 4.80. The van der Waals surface area contributed by atoms with Crippen LogP contribution in [0.25, 0.3) is 16.6 Å². The van der Waals surface area contributed by atoms with Gasteiger partial charge < -0.3 is 20.1 Å². The summed E-state index contributed by atoms with van der Waals surface area (Å²) in [7, 11) is 2.05. The van der Waals surface area contributed by atoms with Crippen molar-refractivity contribution in [2.24, 2.45) is 5.73 Å². The molecule has 0 spiro atoms. The van der Waals surface area contributed by atoms with Gasteiger partial charge in [0.2, 0.25) is 0 Å². The fourth-order valence-electron chi connectivity index (χ4n) is 5.75. The van der Waals surface area contributed by atoms with Crippen LogP contribution in [0.4, 0.5) is 0 Å². The van der Waals surface area contributed by atoms with Crippen molar-refractivity contribution < 1.29 is 9.47 Å². The Morgan fingerprint density at radius 3 is 2.44 bits per heavy atom. The number of ether oxygens (including phenoxy) is 2. The van der Waals surface area contributed by atoms with Crippen molar-refractivity contribution in [3.8, 4) is 17.2 Å². The number of benzene rings is 3. The number of fused-ring (bicyclic) bond motifs is 1. The summed E-state index contributed by atoms with van der Waals surface area (Å²) >= 11 is 6.01. The van der Waals surface area contributed by atoms with E-state index < -0.39 is 0 Å². The highest BCUT2D eigenvalue weighted by atomic mass is 35.5. The van der Waals surface area contributed by atoms with Gasteiger partial charge in [-0.2, -0.15) is 0 Å². The van der Waals surface area contributed by atoms with Gasteiger partial charge in [0.25, 0.3) is 5.56 Å². The Bertz CT molecular complexity index is 1620. The molecule has 45 heavy (non-hydrogen) atoms. The van der Waals surface area contributed by atoms with Crippen LogP contribution in [-0.4, -0.2) is 89.3 Å². The third-order valence-electron chi connectivity index (χ3n) is 8.14. The Morgan fingerprint density at radius 1 is 1.00 bits per heavy atom. The van der Waals surface area contributed by atoms with Crippen LogP contribution < -0.4 is 20.8 Å². The average molecular weight is 633 g/mol. The van der Waals surface area contributed by atoms with Crippen molar-refractivity contribution in [1.82, 2.24) is 24.3 Å². The second-order valence-corrected chi connectivity index (χ2v) is 12.5. The van der Waals surface area contributed by atoms with Gasteiger partial charge in [-0.05, 0) is 81.9 Å². The molecular weight excluding hydrogens is 588 g/mol. The molecule has 3 aromatic carbocycles. The van der Waals surface area contributed by atoms with Gasteiger partial charge in [0.05, 0.1) is 29.2 Å².